The summed E-state index contributed by atoms with van der Waals surface area (Å²) < 4.78 is 5.93. The summed E-state index contributed by atoms with van der Waals surface area (Å²) in [5.74, 6) is 7.99. The average Bonchev–Trinajstić information content (AvgIpc) is 3.35. The van der Waals surface area contributed by atoms with E-state index in [-0.39, 0.29) is 11.9 Å². The number of furan rings is 1. The van der Waals surface area contributed by atoms with Crippen LogP contribution in [0.5, 0.6) is 0 Å². The SMILES string of the molecule is C[C@@H]1C[C@H](NN)CN(c2ccncc2NC(=O)c2ccc3cc([C@@H]4C[C@@H]4C)oc3n2)C1. The van der Waals surface area contributed by atoms with Gasteiger partial charge in [0.1, 0.15) is 11.5 Å². The van der Waals surface area contributed by atoms with Crippen molar-refractivity contribution >= 4 is 28.4 Å². The first kappa shape index (κ1) is 20.0. The molecule has 4 atom stereocenters. The molecule has 1 amide bonds. The molecule has 3 aromatic rings. The van der Waals surface area contributed by atoms with E-state index in [1.807, 2.05) is 18.2 Å². The number of hydrogen-bond acceptors (Lipinski definition) is 7. The molecule has 2 fully saturated rings. The minimum Gasteiger partial charge on any atom is -0.442 e. The summed E-state index contributed by atoms with van der Waals surface area (Å²) in [6.45, 7) is 6.08. The van der Waals surface area contributed by atoms with Crippen LogP contribution in [0.1, 0.15) is 48.9 Å². The van der Waals surface area contributed by atoms with E-state index in [2.05, 4.69) is 39.5 Å². The molecule has 1 aliphatic heterocycles. The van der Waals surface area contributed by atoms with Gasteiger partial charge in [-0.2, -0.15) is 0 Å². The Kier molecular flexibility index (Phi) is 5.11. The quantitative estimate of drug-likeness (QED) is 0.429. The first-order valence-corrected chi connectivity index (χ1v) is 10.9. The molecular formula is C23H28N6O2. The van der Waals surface area contributed by atoms with E-state index < -0.39 is 0 Å². The van der Waals surface area contributed by atoms with E-state index in [1.165, 1.54) is 0 Å². The number of rotatable bonds is 5. The van der Waals surface area contributed by atoms with Crippen LogP contribution in [0.15, 0.2) is 41.1 Å². The van der Waals surface area contributed by atoms with Crippen LogP contribution in [-0.2, 0) is 0 Å². The summed E-state index contributed by atoms with van der Waals surface area (Å²) in [6.07, 6.45) is 5.58. The van der Waals surface area contributed by atoms with E-state index in [4.69, 9.17) is 10.3 Å². The van der Waals surface area contributed by atoms with Gasteiger partial charge in [0.15, 0.2) is 0 Å². The number of amides is 1. The van der Waals surface area contributed by atoms with Gasteiger partial charge in [0.05, 0.1) is 17.6 Å². The minimum absolute atomic E-state index is 0.201. The van der Waals surface area contributed by atoms with E-state index in [0.717, 1.165) is 42.8 Å². The molecule has 3 aromatic heterocycles. The minimum atomic E-state index is -0.285. The van der Waals surface area contributed by atoms with Gasteiger partial charge in [-0.05, 0) is 48.9 Å². The molecule has 0 spiro atoms. The summed E-state index contributed by atoms with van der Waals surface area (Å²) >= 11 is 0. The Labute approximate surface area is 181 Å². The summed E-state index contributed by atoms with van der Waals surface area (Å²) in [5, 5.41) is 3.91. The van der Waals surface area contributed by atoms with Crippen LogP contribution in [-0.4, -0.2) is 35.0 Å². The van der Waals surface area contributed by atoms with Gasteiger partial charge in [-0.15, -0.1) is 0 Å². The third kappa shape index (κ3) is 4.00. The van der Waals surface area contributed by atoms with Crippen molar-refractivity contribution in [1.29, 1.82) is 0 Å². The van der Waals surface area contributed by atoms with Crippen LogP contribution in [0.3, 0.4) is 0 Å². The summed E-state index contributed by atoms with van der Waals surface area (Å²) in [4.78, 5) is 23.9. The lowest BCUT2D eigenvalue weighted by atomic mass is 9.96. The van der Waals surface area contributed by atoms with E-state index in [1.54, 1.807) is 18.5 Å². The molecule has 4 N–H and O–H groups in total. The lowest BCUT2D eigenvalue weighted by molar-refractivity contribution is 0.102. The topological polar surface area (TPSA) is 109 Å². The smallest absolute Gasteiger partial charge is 0.274 e. The molecule has 1 aliphatic carbocycles. The van der Waals surface area contributed by atoms with Crippen LogP contribution in [0.2, 0.25) is 0 Å². The van der Waals surface area contributed by atoms with Gasteiger partial charge in [0.2, 0.25) is 5.71 Å². The zero-order valence-corrected chi connectivity index (χ0v) is 17.8. The van der Waals surface area contributed by atoms with Crippen molar-refractivity contribution < 1.29 is 9.21 Å². The van der Waals surface area contributed by atoms with Crippen LogP contribution in [0.25, 0.3) is 11.1 Å². The third-order valence-corrected chi connectivity index (χ3v) is 6.39. The fourth-order valence-corrected chi connectivity index (χ4v) is 4.58. The standard InChI is InChI=1S/C23H28N6O2/c1-13-7-16(28-24)12-29(11-13)20-5-6-25-10-19(20)26-22(30)18-4-3-15-9-21(17-8-14(17)2)31-23(15)27-18/h3-6,9-10,13-14,16-17,28H,7-8,11-12,24H2,1-2H3,(H,26,30)/t13-,14+,16+,17-/m1/s1. The van der Waals surface area contributed by atoms with E-state index in [0.29, 0.717) is 34.8 Å². The van der Waals surface area contributed by atoms with E-state index in [9.17, 15) is 4.79 Å². The van der Waals surface area contributed by atoms with Crippen molar-refractivity contribution in [3.8, 4) is 0 Å². The zero-order chi connectivity index (χ0) is 21.5. The largest absolute Gasteiger partial charge is 0.442 e. The zero-order valence-electron chi connectivity index (χ0n) is 17.8. The molecule has 1 saturated carbocycles. The van der Waals surface area contributed by atoms with Gasteiger partial charge < -0.3 is 14.6 Å². The van der Waals surface area contributed by atoms with Crippen LogP contribution in [0.4, 0.5) is 11.4 Å². The molecule has 0 radical (unpaired) electrons. The first-order chi connectivity index (χ1) is 15.0. The maximum Gasteiger partial charge on any atom is 0.274 e. The van der Waals surface area contributed by atoms with Crippen molar-refractivity contribution in [2.75, 3.05) is 23.3 Å². The molecule has 0 bridgehead atoms. The number of piperidine rings is 1. The van der Waals surface area contributed by atoms with Crippen molar-refractivity contribution in [1.82, 2.24) is 15.4 Å². The highest BCUT2D eigenvalue weighted by atomic mass is 16.3. The number of nitrogens with two attached hydrogens (primary N) is 1. The number of carbonyl (C=O) groups excluding carboxylic acids is 1. The lowest BCUT2D eigenvalue weighted by Crippen LogP contribution is -2.51. The maximum absolute atomic E-state index is 13.0. The molecule has 0 aromatic carbocycles. The van der Waals surface area contributed by atoms with Crippen LogP contribution < -0.4 is 21.5 Å². The van der Waals surface area contributed by atoms with Crippen molar-refractivity contribution in [2.24, 2.45) is 17.7 Å². The predicted molar refractivity (Wildman–Crippen MR) is 120 cm³/mol. The molecule has 31 heavy (non-hydrogen) atoms. The Bertz CT molecular complexity index is 1110. The average molecular weight is 421 g/mol. The fraction of sp³-hybridized carbons (Fsp3) is 0.435. The fourth-order valence-electron chi connectivity index (χ4n) is 4.58. The van der Waals surface area contributed by atoms with Crippen LogP contribution >= 0.6 is 0 Å². The maximum atomic E-state index is 13.0. The van der Waals surface area contributed by atoms with Crippen molar-refractivity contribution in [3.63, 3.8) is 0 Å². The molecule has 0 unspecified atom stereocenters. The molecule has 8 heteroatoms. The van der Waals surface area contributed by atoms with Gasteiger partial charge in [-0.1, -0.05) is 13.8 Å². The number of nitrogens with one attached hydrogen (secondary N) is 2. The second kappa shape index (κ2) is 7.94. The number of hydrazine groups is 1. The Morgan fingerprint density at radius 3 is 2.84 bits per heavy atom. The number of nitrogens with zero attached hydrogens (tertiary/aromatic N) is 3. The second-order valence-corrected chi connectivity index (χ2v) is 9.02. The monoisotopic (exact) mass is 420 g/mol. The van der Waals surface area contributed by atoms with Crippen LogP contribution in [0, 0.1) is 11.8 Å². The normalized spacial score (nSPS) is 25.6. The number of aromatic nitrogens is 2. The lowest BCUT2D eigenvalue weighted by Gasteiger charge is -2.38. The van der Waals surface area contributed by atoms with Gasteiger partial charge in [0, 0.05) is 36.6 Å². The molecule has 2 aliphatic rings. The highest BCUT2D eigenvalue weighted by Crippen LogP contribution is 2.48. The van der Waals surface area contributed by atoms with Crippen molar-refractivity contribution in [2.45, 2.75) is 38.6 Å². The number of fused-ring (bicyclic) bond motifs is 1. The first-order valence-electron chi connectivity index (χ1n) is 10.9. The highest BCUT2D eigenvalue weighted by molar-refractivity contribution is 6.05. The summed E-state index contributed by atoms with van der Waals surface area (Å²) in [5.41, 5.74) is 5.31. The number of hydrogen-bond donors (Lipinski definition) is 3. The predicted octanol–water partition coefficient (Wildman–Crippen LogP) is 3.28. The third-order valence-electron chi connectivity index (χ3n) is 6.39. The van der Waals surface area contributed by atoms with Gasteiger partial charge in [-0.3, -0.25) is 21.0 Å². The number of anilines is 2. The Morgan fingerprint density at radius 1 is 1.23 bits per heavy atom. The molecule has 162 valence electrons. The van der Waals surface area contributed by atoms with E-state index >= 15 is 0 Å². The van der Waals surface area contributed by atoms with Gasteiger partial charge >= 0.3 is 0 Å². The number of pyridine rings is 2. The Balaban J connectivity index is 1.37. The molecule has 4 heterocycles. The summed E-state index contributed by atoms with van der Waals surface area (Å²) in [6, 6.07) is 7.79. The Hall–Kier alpha value is -2.97. The molecule has 1 saturated heterocycles. The van der Waals surface area contributed by atoms with Gasteiger partial charge in [-0.25, -0.2) is 4.98 Å². The second-order valence-electron chi connectivity index (χ2n) is 9.02. The Morgan fingerprint density at radius 2 is 2.06 bits per heavy atom. The van der Waals surface area contributed by atoms with Crippen molar-refractivity contribution in [3.05, 3.63) is 48.1 Å². The summed E-state index contributed by atoms with van der Waals surface area (Å²) in [7, 11) is 0. The molecular weight excluding hydrogens is 392 g/mol. The molecule has 5 rings (SSSR count). The highest BCUT2D eigenvalue weighted by Gasteiger charge is 2.37. The van der Waals surface area contributed by atoms with Gasteiger partial charge in [0.25, 0.3) is 5.91 Å². The molecule has 8 nitrogen and oxygen atoms in total. The number of carbonyl (C=O) groups is 1.